The maximum Gasteiger partial charge on any atom is 0.0861 e. The maximum atomic E-state index is 8.09. The Morgan fingerprint density at radius 2 is 1.27 bits per heavy atom. The Morgan fingerprint density at radius 1 is 0.867 bits per heavy atom. The molecule has 0 aromatic heterocycles. The molecule has 0 spiro atoms. The lowest BCUT2D eigenvalue weighted by atomic mass is 10.3. The van der Waals surface area contributed by atoms with Crippen molar-refractivity contribution in [1.29, 1.82) is 0 Å². The van der Waals surface area contributed by atoms with E-state index in [0.29, 0.717) is 0 Å². The average molecular weight is 216 g/mol. The number of allylic oxidation sites excluding steroid dienone is 2. The van der Waals surface area contributed by atoms with Gasteiger partial charge in [-0.1, -0.05) is 13.8 Å². The van der Waals surface area contributed by atoms with Crippen LogP contribution in [0.15, 0.2) is 24.7 Å². The van der Waals surface area contributed by atoms with Gasteiger partial charge < -0.3 is 14.9 Å². The summed E-state index contributed by atoms with van der Waals surface area (Å²) in [4.78, 5) is 0. The molecule has 2 N–H and O–H groups in total. The smallest absolute Gasteiger partial charge is 0.0861 e. The summed E-state index contributed by atoms with van der Waals surface area (Å²) in [6.07, 6.45) is 10.8. The number of hydrogen-bond acceptors (Lipinski definition) is 3. The van der Waals surface area contributed by atoms with E-state index < -0.39 is 0 Å². The summed E-state index contributed by atoms with van der Waals surface area (Å²) in [5, 5.41) is 16.2. The predicted molar refractivity (Wildman–Crippen MR) is 63.4 cm³/mol. The predicted octanol–water partition coefficient (Wildman–Crippen LogP) is 2.60. The van der Waals surface area contributed by atoms with Gasteiger partial charge in [-0.05, 0) is 37.8 Å². The van der Waals surface area contributed by atoms with Crippen molar-refractivity contribution >= 4 is 0 Å². The number of unbranched alkanes of at least 4 members (excludes halogenated alkanes) is 1. The van der Waals surface area contributed by atoms with Crippen LogP contribution in [0.25, 0.3) is 0 Å². The van der Waals surface area contributed by atoms with Crippen molar-refractivity contribution in [2.45, 2.75) is 39.5 Å². The molecule has 3 heteroatoms. The van der Waals surface area contributed by atoms with E-state index in [2.05, 4.69) is 13.8 Å². The highest BCUT2D eigenvalue weighted by molar-refractivity contribution is 4.77. The fourth-order valence-corrected chi connectivity index (χ4v) is 0.573. The highest BCUT2D eigenvalue weighted by Crippen LogP contribution is 1.85. The third-order valence-corrected chi connectivity index (χ3v) is 1.39. The van der Waals surface area contributed by atoms with Crippen molar-refractivity contribution in [3.63, 3.8) is 0 Å². The number of ether oxygens (including phenoxy) is 1. The monoisotopic (exact) mass is 216 g/mol. The van der Waals surface area contributed by atoms with Crippen molar-refractivity contribution in [2.75, 3.05) is 13.2 Å². The Balaban J connectivity index is 0. The molecule has 0 radical (unpaired) electrons. The zero-order valence-electron chi connectivity index (χ0n) is 9.85. The molecule has 15 heavy (non-hydrogen) atoms. The van der Waals surface area contributed by atoms with Gasteiger partial charge in [0.05, 0.1) is 12.5 Å². The molecule has 0 aromatic rings. The molecule has 0 saturated carbocycles. The molecule has 0 atom stereocenters. The molecular weight excluding hydrogens is 192 g/mol. The highest BCUT2D eigenvalue weighted by atomic mass is 16.5. The molecular formula is C12H24O3. The van der Waals surface area contributed by atoms with E-state index in [-0.39, 0.29) is 13.2 Å². The van der Waals surface area contributed by atoms with Crippen LogP contribution < -0.4 is 0 Å². The molecule has 90 valence electrons. The highest BCUT2D eigenvalue weighted by Gasteiger charge is 1.77. The van der Waals surface area contributed by atoms with Gasteiger partial charge in [0.15, 0.2) is 0 Å². The van der Waals surface area contributed by atoms with Crippen LogP contribution in [0.2, 0.25) is 0 Å². The van der Waals surface area contributed by atoms with Crippen LogP contribution >= 0.6 is 0 Å². The first-order valence-electron chi connectivity index (χ1n) is 5.50. The van der Waals surface area contributed by atoms with Gasteiger partial charge >= 0.3 is 0 Å². The van der Waals surface area contributed by atoms with Gasteiger partial charge in [0.25, 0.3) is 0 Å². The van der Waals surface area contributed by atoms with Gasteiger partial charge in [-0.2, -0.15) is 0 Å². The third-order valence-electron chi connectivity index (χ3n) is 1.39. The van der Waals surface area contributed by atoms with Gasteiger partial charge in [0, 0.05) is 13.2 Å². The number of aliphatic hydroxyl groups is 2. The molecule has 0 amide bonds. The lowest BCUT2D eigenvalue weighted by molar-refractivity contribution is 0.242. The fourth-order valence-electron chi connectivity index (χ4n) is 0.573. The van der Waals surface area contributed by atoms with Gasteiger partial charge in [0.1, 0.15) is 0 Å². The minimum Gasteiger partial charge on any atom is -0.473 e. The van der Waals surface area contributed by atoms with Crippen molar-refractivity contribution in [1.82, 2.24) is 0 Å². The van der Waals surface area contributed by atoms with Crippen LogP contribution in [0.4, 0.5) is 0 Å². The molecule has 0 aliphatic carbocycles. The number of aliphatic hydroxyl groups excluding tert-OH is 2. The Morgan fingerprint density at radius 3 is 1.53 bits per heavy atom. The van der Waals surface area contributed by atoms with E-state index in [9.17, 15) is 0 Å². The molecule has 0 rings (SSSR count). The summed E-state index contributed by atoms with van der Waals surface area (Å²) in [5.74, 6) is 0. The van der Waals surface area contributed by atoms with Crippen molar-refractivity contribution < 1.29 is 14.9 Å². The summed E-state index contributed by atoms with van der Waals surface area (Å²) in [6, 6.07) is 0. The molecule has 0 unspecified atom stereocenters. The Labute approximate surface area is 93.1 Å². The molecule has 0 saturated heterocycles. The first-order valence-corrected chi connectivity index (χ1v) is 5.50. The van der Waals surface area contributed by atoms with Gasteiger partial charge in [-0.3, -0.25) is 0 Å². The van der Waals surface area contributed by atoms with E-state index in [1.165, 1.54) is 0 Å². The Bertz CT molecular complexity index is 126. The molecule has 0 aromatic carbocycles. The quantitative estimate of drug-likeness (QED) is 0.508. The van der Waals surface area contributed by atoms with E-state index in [4.69, 9.17) is 14.9 Å². The molecule has 3 nitrogen and oxygen atoms in total. The fraction of sp³-hybridized carbons (Fsp3) is 0.667. The summed E-state index contributed by atoms with van der Waals surface area (Å²) < 4.78 is 4.95. The molecule has 0 aliphatic heterocycles. The lowest BCUT2D eigenvalue weighted by Gasteiger charge is -1.85. The number of rotatable bonds is 7. The van der Waals surface area contributed by atoms with Crippen LogP contribution in [0, 0.1) is 0 Å². The normalized spacial score (nSPS) is 10.4. The largest absolute Gasteiger partial charge is 0.473 e. The van der Waals surface area contributed by atoms with Gasteiger partial charge in [-0.15, -0.1) is 0 Å². The zero-order valence-corrected chi connectivity index (χ0v) is 9.85. The topological polar surface area (TPSA) is 49.7 Å². The minimum absolute atomic E-state index is 0.195. The summed E-state index contributed by atoms with van der Waals surface area (Å²) >= 11 is 0. The van der Waals surface area contributed by atoms with Crippen molar-refractivity contribution in [3.05, 3.63) is 24.7 Å². The Hall–Kier alpha value is -0.800. The van der Waals surface area contributed by atoms with Gasteiger partial charge in [-0.25, -0.2) is 0 Å². The van der Waals surface area contributed by atoms with E-state index in [1.807, 2.05) is 12.2 Å². The maximum absolute atomic E-state index is 8.09. The van der Waals surface area contributed by atoms with Gasteiger partial charge in [0.2, 0.25) is 0 Å². The standard InChI is InChI=1S/C8H14O.C4H10O2/c1-3-5-7-9-8-6-4-2;5-3-1-2-4-6/h5-8H,3-4H2,1-2H3;5-6H,1-4H2. The average Bonchev–Trinajstić information content (AvgIpc) is 2.27. The van der Waals surface area contributed by atoms with Crippen molar-refractivity contribution in [3.8, 4) is 0 Å². The second-order valence-electron chi connectivity index (χ2n) is 2.85. The number of hydrogen-bond donors (Lipinski definition) is 2. The zero-order chi connectivity index (χ0) is 11.8. The van der Waals surface area contributed by atoms with Crippen molar-refractivity contribution in [2.24, 2.45) is 0 Å². The van der Waals surface area contributed by atoms with E-state index in [0.717, 1.165) is 25.7 Å². The van der Waals surface area contributed by atoms with Crippen LogP contribution in [-0.4, -0.2) is 23.4 Å². The van der Waals surface area contributed by atoms with Crippen LogP contribution in [0.1, 0.15) is 39.5 Å². The third kappa shape index (κ3) is 24.6. The van der Waals surface area contributed by atoms with Crippen LogP contribution in [-0.2, 0) is 4.74 Å². The molecule has 0 fully saturated rings. The summed E-state index contributed by atoms with van der Waals surface area (Å²) in [6.45, 7) is 4.54. The summed E-state index contributed by atoms with van der Waals surface area (Å²) in [5.41, 5.74) is 0. The van der Waals surface area contributed by atoms with E-state index in [1.54, 1.807) is 12.5 Å². The first-order chi connectivity index (χ1) is 7.33. The first kappa shape index (κ1) is 16.6. The second kappa shape index (κ2) is 18.9. The molecule has 0 bridgehead atoms. The summed E-state index contributed by atoms with van der Waals surface area (Å²) in [7, 11) is 0. The SMILES string of the molecule is CCC=COC=CCC.OCCCCO. The molecule has 0 aliphatic rings. The minimum atomic E-state index is 0.195. The van der Waals surface area contributed by atoms with Crippen LogP contribution in [0.3, 0.4) is 0 Å². The van der Waals surface area contributed by atoms with E-state index >= 15 is 0 Å². The van der Waals surface area contributed by atoms with Crippen LogP contribution in [0.5, 0.6) is 0 Å². The second-order valence-corrected chi connectivity index (χ2v) is 2.85. The Kier molecular flexibility index (Phi) is 20.9. The molecule has 0 heterocycles. The lowest BCUT2D eigenvalue weighted by Crippen LogP contribution is -1.85.